The van der Waals surface area contributed by atoms with E-state index in [2.05, 4.69) is 15.2 Å². The average Bonchev–Trinajstić information content (AvgIpc) is 3.56. The number of rotatable bonds is 13. The number of benzene rings is 2. The van der Waals surface area contributed by atoms with Gasteiger partial charge in [0.1, 0.15) is 12.1 Å². The molecule has 1 unspecified atom stereocenters. The van der Waals surface area contributed by atoms with Crippen LogP contribution < -0.4 is 10.0 Å². The van der Waals surface area contributed by atoms with Crippen LogP contribution in [0.3, 0.4) is 0 Å². The monoisotopic (exact) mass is 636 g/mol. The van der Waals surface area contributed by atoms with E-state index in [-0.39, 0.29) is 24.0 Å². The highest BCUT2D eigenvalue weighted by molar-refractivity contribution is 7.90. The summed E-state index contributed by atoms with van der Waals surface area (Å²) >= 11 is 0. The average molecular weight is 637 g/mol. The van der Waals surface area contributed by atoms with Gasteiger partial charge in [-0.2, -0.15) is 0 Å². The molecule has 2 atom stereocenters. The maximum Gasteiger partial charge on any atom is 0.256 e. The second kappa shape index (κ2) is 15.3. The van der Waals surface area contributed by atoms with Crippen LogP contribution in [0.15, 0.2) is 59.3 Å². The van der Waals surface area contributed by atoms with Crippen molar-refractivity contribution in [2.45, 2.75) is 84.2 Å². The largest absolute Gasteiger partial charge is 0.356 e. The van der Waals surface area contributed by atoms with Crippen molar-refractivity contribution in [3.63, 3.8) is 0 Å². The van der Waals surface area contributed by atoms with E-state index in [1.165, 1.54) is 4.90 Å². The van der Waals surface area contributed by atoms with Gasteiger partial charge in [-0.1, -0.05) is 79.2 Å². The second-order valence-electron chi connectivity index (χ2n) is 12.1. The number of sulfonamides is 1. The van der Waals surface area contributed by atoms with Gasteiger partial charge in [0.05, 0.1) is 11.9 Å². The molecule has 1 heterocycles. The van der Waals surface area contributed by atoms with Gasteiger partial charge >= 0.3 is 0 Å². The fourth-order valence-corrected chi connectivity index (χ4v) is 7.16. The molecule has 0 radical (unpaired) electrons. The van der Waals surface area contributed by atoms with Crippen LogP contribution in [0.25, 0.3) is 11.3 Å². The van der Waals surface area contributed by atoms with Crippen LogP contribution in [0.2, 0.25) is 0 Å². The lowest BCUT2D eigenvalue weighted by Gasteiger charge is -2.33. The minimum absolute atomic E-state index is 0.166. The summed E-state index contributed by atoms with van der Waals surface area (Å²) in [5.74, 6) is -1.36. The lowest BCUT2D eigenvalue weighted by Crippen LogP contribution is -2.57. The Bertz CT molecular complexity index is 1540. The lowest BCUT2D eigenvalue weighted by molar-refractivity contribution is -0.132. The molecule has 0 aliphatic heterocycles. The Kier molecular flexibility index (Phi) is 11.6. The third-order valence-corrected chi connectivity index (χ3v) is 9.73. The number of hydrogen-bond donors (Lipinski definition) is 2. The Morgan fingerprint density at radius 2 is 1.64 bits per heavy atom. The SMILES string of the molecule is CCCCS(=O)(=O)NC(=O)C(NC(=O)[C@@H](Cc1ccc(-c2ccno2)cc1)N(C)C(=O)c1cc(C)cc(C)c1)C1CCCCC1. The first-order chi connectivity index (χ1) is 21.5. The third kappa shape index (κ3) is 9.26. The number of carbonyl (C=O) groups is 3. The molecular weight excluding hydrogens is 592 g/mol. The summed E-state index contributed by atoms with van der Waals surface area (Å²) in [6.07, 6.45) is 7.00. The number of aromatic nitrogens is 1. The number of amides is 3. The first-order valence-electron chi connectivity index (χ1n) is 15.7. The summed E-state index contributed by atoms with van der Waals surface area (Å²) in [5.41, 5.74) is 3.91. The molecule has 1 aromatic heterocycles. The zero-order chi connectivity index (χ0) is 32.6. The number of nitrogens with zero attached hydrogens (tertiary/aromatic N) is 2. The molecule has 2 N–H and O–H groups in total. The van der Waals surface area contributed by atoms with Gasteiger partial charge in [-0.15, -0.1) is 0 Å². The minimum Gasteiger partial charge on any atom is -0.356 e. The molecule has 45 heavy (non-hydrogen) atoms. The molecule has 3 aromatic rings. The van der Waals surface area contributed by atoms with Gasteiger partial charge in [-0.05, 0) is 56.7 Å². The Balaban J connectivity index is 1.63. The predicted octanol–water partition coefficient (Wildman–Crippen LogP) is 4.95. The summed E-state index contributed by atoms with van der Waals surface area (Å²) in [5, 5.41) is 6.65. The standard InChI is InChI=1S/C34H44N4O6S/c1-5-6-18-45(42,43)37-33(40)31(27-10-8-7-9-11-27)36-32(39)29(38(4)34(41)28-20-23(2)19-24(3)21-28)22-25-12-14-26(15-13-25)30-16-17-35-44-30/h12-17,19-21,27,29,31H,5-11,18,22H2,1-4H3,(H,36,39)(H,37,40)/t29-,31?/m1/s1. The van der Waals surface area contributed by atoms with Gasteiger partial charge in [-0.25, -0.2) is 8.42 Å². The Hall–Kier alpha value is -3.99. The predicted molar refractivity (Wildman–Crippen MR) is 173 cm³/mol. The number of aryl methyl sites for hydroxylation is 2. The maximum atomic E-state index is 14.1. The van der Waals surface area contributed by atoms with Gasteiger partial charge in [0.15, 0.2) is 5.76 Å². The van der Waals surface area contributed by atoms with Crippen LogP contribution in [-0.4, -0.2) is 61.1 Å². The van der Waals surface area contributed by atoms with Gasteiger partial charge in [0.2, 0.25) is 15.9 Å². The molecule has 0 spiro atoms. The highest BCUT2D eigenvalue weighted by atomic mass is 32.2. The number of hydrogen-bond acceptors (Lipinski definition) is 7. The van der Waals surface area contributed by atoms with E-state index in [0.29, 0.717) is 37.0 Å². The summed E-state index contributed by atoms with van der Waals surface area (Å²) in [6.45, 7) is 5.69. The molecule has 1 aliphatic rings. The quantitative estimate of drug-likeness (QED) is 0.271. The van der Waals surface area contributed by atoms with Crippen molar-refractivity contribution in [3.8, 4) is 11.3 Å². The van der Waals surface area contributed by atoms with E-state index < -0.39 is 33.9 Å². The normalized spacial score (nSPS) is 15.2. The van der Waals surface area contributed by atoms with E-state index >= 15 is 0 Å². The molecule has 3 amide bonds. The maximum absolute atomic E-state index is 14.1. The van der Waals surface area contributed by atoms with Gasteiger partial charge in [0, 0.05) is 30.7 Å². The lowest BCUT2D eigenvalue weighted by atomic mass is 9.83. The smallest absolute Gasteiger partial charge is 0.256 e. The second-order valence-corrected chi connectivity index (χ2v) is 14.0. The van der Waals surface area contributed by atoms with Crippen molar-refractivity contribution >= 4 is 27.7 Å². The van der Waals surface area contributed by atoms with Crippen LogP contribution in [-0.2, 0) is 26.0 Å². The van der Waals surface area contributed by atoms with Crippen molar-refractivity contribution in [1.29, 1.82) is 0 Å². The molecule has 1 aliphatic carbocycles. The van der Waals surface area contributed by atoms with Crippen LogP contribution >= 0.6 is 0 Å². The molecule has 0 saturated heterocycles. The van der Waals surface area contributed by atoms with Crippen molar-refractivity contribution in [3.05, 3.63) is 77.0 Å². The Morgan fingerprint density at radius 3 is 2.24 bits per heavy atom. The molecular formula is C34H44N4O6S. The summed E-state index contributed by atoms with van der Waals surface area (Å²) in [6, 6.07) is 12.7. The van der Waals surface area contributed by atoms with E-state index in [9.17, 15) is 22.8 Å². The summed E-state index contributed by atoms with van der Waals surface area (Å²) in [7, 11) is -2.27. The fraction of sp³-hybridized carbons (Fsp3) is 0.471. The van der Waals surface area contributed by atoms with Gasteiger partial charge in [0.25, 0.3) is 11.8 Å². The van der Waals surface area contributed by atoms with Crippen molar-refractivity contribution in [1.82, 2.24) is 20.1 Å². The number of likely N-dealkylation sites (N-methyl/N-ethyl adjacent to an activating group) is 1. The van der Waals surface area contributed by atoms with Gasteiger partial charge in [-0.3, -0.25) is 19.1 Å². The summed E-state index contributed by atoms with van der Waals surface area (Å²) < 4.78 is 32.8. The van der Waals surface area contributed by atoms with Crippen LogP contribution in [0, 0.1) is 19.8 Å². The zero-order valence-corrected chi connectivity index (χ0v) is 27.4. The highest BCUT2D eigenvalue weighted by Gasteiger charge is 2.36. The molecule has 4 rings (SSSR count). The Morgan fingerprint density at radius 1 is 0.978 bits per heavy atom. The molecule has 0 bridgehead atoms. The van der Waals surface area contributed by atoms with E-state index in [4.69, 9.17) is 4.52 Å². The van der Waals surface area contributed by atoms with Crippen molar-refractivity contribution in [2.24, 2.45) is 5.92 Å². The van der Waals surface area contributed by atoms with E-state index in [0.717, 1.165) is 41.5 Å². The van der Waals surface area contributed by atoms with Crippen molar-refractivity contribution < 1.29 is 27.3 Å². The van der Waals surface area contributed by atoms with Crippen LogP contribution in [0.1, 0.15) is 78.9 Å². The molecule has 11 heteroatoms. The Labute approximate surface area is 266 Å². The van der Waals surface area contributed by atoms with Crippen molar-refractivity contribution in [2.75, 3.05) is 12.8 Å². The van der Waals surface area contributed by atoms with Crippen LogP contribution in [0.5, 0.6) is 0 Å². The fourth-order valence-electron chi connectivity index (χ4n) is 5.96. The highest BCUT2D eigenvalue weighted by Crippen LogP contribution is 2.27. The minimum atomic E-state index is -3.86. The number of carbonyl (C=O) groups excluding carboxylic acids is 3. The molecule has 1 fully saturated rings. The molecule has 1 saturated carbocycles. The first-order valence-corrected chi connectivity index (χ1v) is 17.3. The zero-order valence-electron chi connectivity index (χ0n) is 26.5. The third-order valence-electron chi connectivity index (χ3n) is 8.39. The number of unbranched alkanes of at least 4 members (excludes halogenated alkanes) is 1. The van der Waals surface area contributed by atoms with Crippen LogP contribution in [0.4, 0.5) is 0 Å². The molecule has 2 aromatic carbocycles. The topological polar surface area (TPSA) is 139 Å². The van der Waals surface area contributed by atoms with Gasteiger partial charge < -0.3 is 14.7 Å². The molecule has 242 valence electrons. The first kappa shape index (κ1) is 33.9. The van der Waals surface area contributed by atoms with E-state index in [1.54, 1.807) is 31.4 Å². The summed E-state index contributed by atoms with van der Waals surface area (Å²) in [4.78, 5) is 42.8. The van der Waals surface area contributed by atoms with E-state index in [1.807, 2.05) is 51.1 Å². The molecule has 10 nitrogen and oxygen atoms in total. The number of nitrogens with one attached hydrogen (secondary N) is 2.